The summed E-state index contributed by atoms with van der Waals surface area (Å²) in [6.07, 6.45) is 2.79. The van der Waals surface area contributed by atoms with Gasteiger partial charge in [0, 0.05) is 30.3 Å². The van der Waals surface area contributed by atoms with Crippen molar-refractivity contribution in [3.63, 3.8) is 0 Å². The second-order valence-electron chi connectivity index (χ2n) is 7.61. The van der Waals surface area contributed by atoms with Crippen LogP contribution < -0.4 is 15.4 Å². The van der Waals surface area contributed by atoms with Crippen LogP contribution in [0.4, 0.5) is 10.5 Å². The summed E-state index contributed by atoms with van der Waals surface area (Å²) in [5.74, 6) is 0.983. The molecule has 0 aromatic heterocycles. The van der Waals surface area contributed by atoms with Crippen LogP contribution in [0.1, 0.15) is 24.8 Å². The Morgan fingerprint density at radius 1 is 1.13 bits per heavy atom. The van der Waals surface area contributed by atoms with Crippen molar-refractivity contribution < 1.29 is 14.3 Å². The molecule has 160 valence electrons. The zero-order chi connectivity index (χ0) is 21.3. The first-order valence-corrected chi connectivity index (χ1v) is 10.6. The lowest BCUT2D eigenvalue weighted by atomic mass is 9.94. The summed E-state index contributed by atoms with van der Waals surface area (Å²) < 4.78 is 5.44. The molecule has 2 N–H and O–H groups in total. The number of halogens is 1. The van der Waals surface area contributed by atoms with Crippen LogP contribution in [-0.4, -0.2) is 43.1 Å². The normalized spacial score (nSPS) is 14.3. The lowest BCUT2D eigenvalue weighted by molar-refractivity contribution is -0.123. The van der Waals surface area contributed by atoms with Crippen molar-refractivity contribution in [2.24, 2.45) is 5.92 Å². The quantitative estimate of drug-likeness (QED) is 0.681. The van der Waals surface area contributed by atoms with E-state index in [9.17, 15) is 9.59 Å². The van der Waals surface area contributed by atoms with Gasteiger partial charge in [0.2, 0.25) is 0 Å². The number of carbonyl (C=O) groups is 2. The summed E-state index contributed by atoms with van der Waals surface area (Å²) in [5.41, 5.74) is 1.94. The van der Waals surface area contributed by atoms with Gasteiger partial charge in [0.1, 0.15) is 5.75 Å². The molecule has 0 atom stereocenters. The molecule has 2 aromatic carbocycles. The van der Waals surface area contributed by atoms with E-state index in [0.29, 0.717) is 23.2 Å². The van der Waals surface area contributed by atoms with E-state index in [1.807, 2.05) is 36.1 Å². The van der Waals surface area contributed by atoms with Crippen molar-refractivity contribution in [1.82, 2.24) is 10.2 Å². The van der Waals surface area contributed by atoms with Crippen LogP contribution >= 0.6 is 11.6 Å². The lowest BCUT2D eigenvalue weighted by Gasteiger charge is -2.32. The molecule has 0 unspecified atom stereocenters. The summed E-state index contributed by atoms with van der Waals surface area (Å²) in [5, 5.41) is 6.50. The summed E-state index contributed by atoms with van der Waals surface area (Å²) in [7, 11) is 0. The summed E-state index contributed by atoms with van der Waals surface area (Å²) >= 11 is 5.82. The number of carbonyl (C=O) groups excluding carboxylic acids is 2. The first-order valence-electron chi connectivity index (χ1n) is 10.3. The maximum absolute atomic E-state index is 12.4. The fourth-order valence-electron chi connectivity index (χ4n) is 3.50. The first-order chi connectivity index (χ1) is 14.5. The number of anilines is 1. The third-order valence-electron chi connectivity index (χ3n) is 5.23. The molecule has 0 bridgehead atoms. The zero-order valence-corrected chi connectivity index (χ0v) is 18.0. The summed E-state index contributed by atoms with van der Waals surface area (Å²) in [6.45, 7) is 4.07. The van der Waals surface area contributed by atoms with Crippen LogP contribution in [0.5, 0.6) is 5.75 Å². The number of amides is 3. The Labute approximate surface area is 182 Å². The highest BCUT2D eigenvalue weighted by atomic mass is 35.5. The van der Waals surface area contributed by atoms with E-state index >= 15 is 0 Å². The third kappa shape index (κ3) is 6.95. The van der Waals surface area contributed by atoms with Crippen molar-refractivity contribution in [3.8, 4) is 5.75 Å². The van der Waals surface area contributed by atoms with Gasteiger partial charge in [0.15, 0.2) is 6.61 Å². The maximum Gasteiger partial charge on any atom is 0.321 e. The van der Waals surface area contributed by atoms with Crippen molar-refractivity contribution in [2.75, 3.05) is 31.6 Å². The molecule has 1 saturated heterocycles. The topological polar surface area (TPSA) is 70.7 Å². The molecular formula is C23H28ClN3O3. The van der Waals surface area contributed by atoms with Crippen molar-refractivity contribution >= 4 is 29.2 Å². The number of urea groups is 1. The molecule has 0 spiro atoms. The van der Waals surface area contributed by atoms with Gasteiger partial charge in [-0.1, -0.05) is 23.7 Å². The molecule has 30 heavy (non-hydrogen) atoms. The minimum absolute atomic E-state index is 0.0147. The molecule has 2 aromatic rings. The molecule has 3 rings (SSSR count). The summed E-state index contributed by atoms with van der Waals surface area (Å²) in [6, 6.07) is 14.7. The Bertz CT molecular complexity index is 849. The highest BCUT2D eigenvalue weighted by Crippen LogP contribution is 2.21. The van der Waals surface area contributed by atoms with Gasteiger partial charge in [-0.3, -0.25) is 4.79 Å². The fourth-order valence-corrected chi connectivity index (χ4v) is 3.62. The number of benzene rings is 2. The van der Waals surface area contributed by atoms with Crippen LogP contribution in [0.2, 0.25) is 5.02 Å². The molecule has 1 aliphatic rings. The molecular weight excluding hydrogens is 402 g/mol. The zero-order valence-electron chi connectivity index (χ0n) is 17.2. The molecule has 6 nitrogen and oxygen atoms in total. The predicted octanol–water partition coefficient (Wildman–Crippen LogP) is 4.48. The largest absolute Gasteiger partial charge is 0.484 e. The number of nitrogens with zero attached hydrogens (tertiary/aromatic N) is 1. The van der Waals surface area contributed by atoms with E-state index in [1.54, 1.807) is 24.3 Å². The average molecular weight is 430 g/mol. The van der Waals surface area contributed by atoms with E-state index in [4.69, 9.17) is 16.3 Å². The number of likely N-dealkylation sites (tertiary alicyclic amines) is 1. The number of rotatable bonds is 7. The van der Waals surface area contributed by atoms with E-state index in [-0.39, 0.29) is 18.5 Å². The Balaban J connectivity index is 1.30. The smallest absolute Gasteiger partial charge is 0.321 e. The summed E-state index contributed by atoms with van der Waals surface area (Å²) in [4.78, 5) is 26.2. The Kier molecular flexibility index (Phi) is 7.97. The molecule has 0 radical (unpaired) electrons. The maximum atomic E-state index is 12.4. The van der Waals surface area contributed by atoms with Crippen LogP contribution in [-0.2, 0) is 4.79 Å². The first kappa shape index (κ1) is 22.0. The van der Waals surface area contributed by atoms with Gasteiger partial charge in [-0.2, -0.15) is 0 Å². The van der Waals surface area contributed by atoms with Crippen molar-refractivity contribution in [1.29, 1.82) is 0 Å². The van der Waals surface area contributed by atoms with Crippen LogP contribution in [0.15, 0.2) is 48.5 Å². The highest BCUT2D eigenvalue weighted by molar-refractivity contribution is 6.30. The van der Waals surface area contributed by atoms with E-state index < -0.39 is 0 Å². The minimum Gasteiger partial charge on any atom is -0.484 e. The average Bonchev–Trinajstić information content (AvgIpc) is 2.74. The van der Waals surface area contributed by atoms with Gasteiger partial charge in [-0.15, -0.1) is 0 Å². The van der Waals surface area contributed by atoms with Gasteiger partial charge in [-0.05, 0) is 74.1 Å². The number of piperidine rings is 1. The number of ether oxygens (including phenoxy) is 1. The number of nitrogens with one attached hydrogen (secondary N) is 2. The third-order valence-corrected chi connectivity index (χ3v) is 5.48. The Morgan fingerprint density at radius 2 is 1.87 bits per heavy atom. The lowest BCUT2D eigenvalue weighted by Crippen LogP contribution is -2.41. The molecule has 0 saturated carbocycles. The number of hydrogen-bond acceptors (Lipinski definition) is 3. The van der Waals surface area contributed by atoms with Crippen molar-refractivity contribution in [3.05, 3.63) is 59.1 Å². The van der Waals surface area contributed by atoms with Crippen LogP contribution in [0.25, 0.3) is 0 Å². The van der Waals surface area contributed by atoms with Crippen LogP contribution in [0.3, 0.4) is 0 Å². The fraction of sp³-hybridized carbons (Fsp3) is 0.391. The molecule has 7 heteroatoms. The van der Waals surface area contributed by atoms with Gasteiger partial charge in [0.05, 0.1) is 0 Å². The van der Waals surface area contributed by atoms with E-state index in [0.717, 1.165) is 43.6 Å². The number of hydrogen-bond donors (Lipinski definition) is 2. The molecule has 1 fully saturated rings. The Morgan fingerprint density at radius 3 is 2.57 bits per heavy atom. The second-order valence-corrected chi connectivity index (χ2v) is 8.05. The molecule has 0 aliphatic carbocycles. The monoisotopic (exact) mass is 429 g/mol. The van der Waals surface area contributed by atoms with Gasteiger partial charge >= 0.3 is 6.03 Å². The standard InChI is InChI=1S/C23H28ClN3O3/c1-17-3-2-4-20(15-17)26-23(29)27-13-10-18(11-14-27)9-12-25-22(28)16-30-21-7-5-19(24)6-8-21/h2-8,15,18H,9-14,16H2,1H3,(H,25,28)(H,26,29). The Hall–Kier alpha value is -2.73. The highest BCUT2D eigenvalue weighted by Gasteiger charge is 2.22. The van der Waals surface area contributed by atoms with Gasteiger partial charge < -0.3 is 20.3 Å². The van der Waals surface area contributed by atoms with E-state index in [2.05, 4.69) is 10.6 Å². The predicted molar refractivity (Wildman–Crippen MR) is 119 cm³/mol. The van der Waals surface area contributed by atoms with E-state index in [1.165, 1.54) is 0 Å². The van der Waals surface area contributed by atoms with Gasteiger partial charge in [-0.25, -0.2) is 4.79 Å². The SMILES string of the molecule is Cc1cccc(NC(=O)N2CCC(CCNC(=O)COc3ccc(Cl)cc3)CC2)c1. The second kappa shape index (κ2) is 10.9. The number of aryl methyl sites for hydroxylation is 1. The van der Waals surface area contributed by atoms with Gasteiger partial charge in [0.25, 0.3) is 5.91 Å². The molecule has 1 heterocycles. The van der Waals surface area contributed by atoms with Crippen molar-refractivity contribution in [2.45, 2.75) is 26.2 Å². The molecule has 3 amide bonds. The molecule has 1 aliphatic heterocycles. The van der Waals surface area contributed by atoms with Crippen LogP contribution in [0, 0.1) is 12.8 Å². The minimum atomic E-state index is -0.139.